The molecule has 0 spiro atoms. The van der Waals surface area contributed by atoms with Crippen LogP contribution in [0.4, 0.5) is 8.78 Å². The van der Waals surface area contributed by atoms with Crippen LogP contribution in [0, 0.1) is 11.6 Å². The van der Waals surface area contributed by atoms with E-state index in [4.69, 9.17) is 4.74 Å². The standard InChI is InChI=1S/C22H29F2N3O4S/c1-3-27(4-2)13-14-31-21-8-6-5-7-17(21)16-25-22(28)11-12-26-32(29,30)18-9-10-19(23)20(24)15-18/h5-10,15,26H,3-4,11-14,16H2,1-2H3,(H,25,28). The third kappa shape index (κ3) is 7.85. The number of sulfonamides is 1. The van der Waals surface area contributed by atoms with E-state index in [1.807, 2.05) is 24.3 Å². The third-order valence-corrected chi connectivity index (χ3v) is 6.31. The molecule has 2 aromatic rings. The summed E-state index contributed by atoms with van der Waals surface area (Å²) in [5.41, 5.74) is 0.808. The summed E-state index contributed by atoms with van der Waals surface area (Å²) >= 11 is 0. The quantitative estimate of drug-likeness (QED) is 0.471. The lowest BCUT2D eigenvalue weighted by molar-refractivity contribution is -0.121. The maximum Gasteiger partial charge on any atom is 0.240 e. The minimum Gasteiger partial charge on any atom is -0.492 e. The number of nitrogens with zero attached hydrogens (tertiary/aromatic N) is 1. The fourth-order valence-electron chi connectivity index (χ4n) is 2.92. The van der Waals surface area contributed by atoms with E-state index in [-0.39, 0.29) is 25.4 Å². The average Bonchev–Trinajstić information content (AvgIpc) is 2.77. The molecule has 176 valence electrons. The van der Waals surface area contributed by atoms with Gasteiger partial charge in [-0.15, -0.1) is 0 Å². The first kappa shape index (κ1) is 25.7. The molecule has 2 N–H and O–H groups in total. The van der Waals surface area contributed by atoms with E-state index < -0.39 is 26.6 Å². The largest absolute Gasteiger partial charge is 0.492 e. The van der Waals surface area contributed by atoms with Crippen molar-refractivity contribution in [1.29, 1.82) is 0 Å². The Labute approximate surface area is 187 Å². The van der Waals surface area contributed by atoms with Crippen LogP contribution in [-0.2, 0) is 21.4 Å². The Morgan fingerprint density at radius 1 is 1.06 bits per heavy atom. The van der Waals surface area contributed by atoms with Crippen molar-refractivity contribution in [2.45, 2.75) is 31.7 Å². The van der Waals surface area contributed by atoms with Gasteiger partial charge in [0.1, 0.15) is 12.4 Å². The van der Waals surface area contributed by atoms with Crippen molar-refractivity contribution in [3.05, 3.63) is 59.7 Å². The smallest absolute Gasteiger partial charge is 0.240 e. The molecule has 0 saturated carbocycles. The fraction of sp³-hybridized carbons (Fsp3) is 0.409. The zero-order valence-electron chi connectivity index (χ0n) is 18.2. The molecule has 0 fully saturated rings. The van der Waals surface area contributed by atoms with E-state index in [0.29, 0.717) is 18.4 Å². The van der Waals surface area contributed by atoms with Gasteiger partial charge in [-0.1, -0.05) is 32.0 Å². The Balaban J connectivity index is 1.81. The Bertz CT molecular complexity index is 998. The highest BCUT2D eigenvalue weighted by Crippen LogP contribution is 2.18. The molecule has 0 unspecified atom stereocenters. The van der Waals surface area contributed by atoms with Crippen LogP contribution in [0.3, 0.4) is 0 Å². The molecule has 0 aromatic heterocycles. The average molecular weight is 470 g/mol. The van der Waals surface area contributed by atoms with E-state index in [1.54, 1.807) is 0 Å². The molecule has 0 saturated heterocycles. The Morgan fingerprint density at radius 3 is 2.47 bits per heavy atom. The molecular weight excluding hydrogens is 440 g/mol. The SMILES string of the molecule is CCN(CC)CCOc1ccccc1CNC(=O)CCNS(=O)(=O)c1ccc(F)c(F)c1. The van der Waals surface area contributed by atoms with Crippen molar-refractivity contribution < 1.29 is 26.7 Å². The topological polar surface area (TPSA) is 87.7 Å². The van der Waals surface area contributed by atoms with Crippen LogP contribution in [0.15, 0.2) is 47.4 Å². The summed E-state index contributed by atoms with van der Waals surface area (Å²) in [5.74, 6) is -2.08. The highest BCUT2D eigenvalue weighted by molar-refractivity contribution is 7.89. The van der Waals surface area contributed by atoms with Gasteiger partial charge < -0.3 is 15.0 Å². The van der Waals surface area contributed by atoms with Crippen molar-refractivity contribution in [3.63, 3.8) is 0 Å². The molecule has 0 atom stereocenters. The Kier molecular flexibility index (Phi) is 10.0. The van der Waals surface area contributed by atoms with Crippen LogP contribution in [0.1, 0.15) is 25.8 Å². The predicted molar refractivity (Wildman–Crippen MR) is 118 cm³/mol. The number of halogens is 2. The van der Waals surface area contributed by atoms with Crippen molar-refractivity contribution in [2.75, 3.05) is 32.8 Å². The molecule has 10 heteroatoms. The van der Waals surface area contributed by atoms with E-state index in [1.165, 1.54) is 0 Å². The minimum absolute atomic E-state index is 0.117. The Hall–Kier alpha value is -2.56. The lowest BCUT2D eigenvalue weighted by Gasteiger charge is -2.19. The number of amides is 1. The third-order valence-electron chi connectivity index (χ3n) is 4.85. The molecule has 7 nitrogen and oxygen atoms in total. The second-order valence-electron chi connectivity index (χ2n) is 6.98. The van der Waals surface area contributed by atoms with Gasteiger partial charge >= 0.3 is 0 Å². The number of ether oxygens (including phenoxy) is 1. The molecule has 2 aromatic carbocycles. The summed E-state index contributed by atoms with van der Waals surface area (Å²) in [7, 11) is -4.05. The predicted octanol–water partition coefficient (Wildman–Crippen LogP) is 2.67. The van der Waals surface area contributed by atoms with Crippen molar-refractivity contribution >= 4 is 15.9 Å². The maximum absolute atomic E-state index is 13.3. The normalized spacial score (nSPS) is 11.5. The number of likely N-dealkylation sites (N-methyl/N-ethyl adjacent to an activating group) is 1. The summed E-state index contributed by atoms with van der Waals surface area (Å²) in [4.78, 5) is 14.0. The maximum atomic E-state index is 13.3. The van der Waals surface area contributed by atoms with Gasteiger partial charge in [-0.05, 0) is 37.4 Å². The molecule has 0 radical (unpaired) electrons. The van der Waals surface area contributed by atoms with E-state index in [0.717, 1.165) is 37.3 Å². The van der Waals surface area contributed by atoms with Crippen LogP contribution in [0.25, 0.3) is 0 Å². The molecule has 0 aliphatic rings. The fourth-order valence-corrected chi connectivity index (χ4v) is 3.97. The number of carbonyl (C=O) groups is 1. The summed E-state index contributed by atoms with van der Waals surface area (Å²) < 4.78 is 58.6. The molecule has 1 amide bonds. The molecule has 2 rings (SSSR count). The summed E-state index contributed by atoms with van der Waals surface area (Å²) in [6.07, 6.45) is -0.117. The lowest BCUT2D eigenvalue weighted by Crippen LogP contribution is -2.31. The van der Waals surface area contributed by atoms with Crippen LogP contribution in [-0.4, -0.2) is 52.0 Å². The number of hydrogen-bond acceptors (Lipinski definition) is 5. The van der Waals surface area contributed by atoms with Gasteiger partial charge in [0.2, 0.25) is 15.9 Å². The van der Waals surface area contributed by atoms with Crippen LogP contribution >= 0.6 is 0 Å². The van der Waals surface area contributed by atoms with Gasteiger partial charge in [-0.3, -0.25) is 4.79 Å². The minimum atomic E-state index is -4.05. The zero-order valence-corrected chi connectivity index (χ0v) is 19.1. The van der Waals surface area contributed by atoms with E-state index in [9.17, 15) is 22.0 Å². The summed E-state index contributed by atoms with van der Waals surface area (Å²) in [6.45, 7) is 7.43. The number of para-hydroxylation sites is 1. The van der Waals surface area contributed by atoms with Gasteiger partial charge in [0.25, 0.3) is 0 Å². The van der Waals surface area contributed by atoms with Crippen LogP contribution in [0.2, 0.25) is 0 Å². The Morgan fingerprint density at radius 2 is 1.78 bits per heavy atom. The van der Waals surface area contributed by atoms with Crippen LogP contribution < -0.4 is 14.8 Å². The van der Waals surface area contributed by atoms with Crippen molar-refractivity contribution in [2.24, 2.45) is 0 Å². The number of rotatable bonds is 13. The van der Waals surface area contributed by atoms with Gasteiger partial charge in [-0.2, -0.15) is 0 Å². The second-order valence-corrected chi connectivity index (χ2v) is 8.75. The summed E-state index contributed by atoms with van der Waals surface area (Å²) in [5, 5.41) is 2.73. The number of benzene rings is 2. The first-order valence-electron chi connectivity index (χ1n) is 10.4. The zero-order chi connectivity index (χ0) is 23.6. The molecule has 0 bridgehead atoms. The number of hydrogen-bond donors (Lipinski definition) is 2. The second kappa shape index (κ2) is 12.5. The van der Waals surface area contributed by atoms with E-state index >= 15 is 0 Å². The lowest BCUT2D eigenvalue weighted by atomic mass is 10.2. The monoisotopic (exact) mass is 469 g/mol. The van der Waals surface area contributed by atoms with Gasteiger partial charge in [0, 0.05) is 31.6 Å². The molecule has 0 aliphatic carbocycles. The molecule has 0 heterocycles. The number of carbonyl (C=O) groups excluding carboxylic acids is 1. The molecule has 0 aliphatic heterocycles. The van der Waals surface area contributed by atoms with Gasteiger partial charge in [0.05, 0.1) is 4.90 Å². The number of nitrogens with one attached hydrogen (secondary N) is 2. The van der Waals surface area contributed by atoms with Gasteiger partial charge in [0.15, 0.2) is 11.6 Å². The van der Waals surface area contributed by atoms with E-state index in [2.05, 4.69) is 28.8 Å². The summed E-state index contributed by atoms with van der Waals surface area (Å²) in [6, 6.07) is 9.66. The van der Waals surface area contributed by atoms with Gasteiger partial charge in [-0.25, -0.2) is 21.9 Å². The highest BCUT2D eigenvalue weighted by Gasteiger charge is 2.16. The van der Waals surface area contributed by atoms with Crippen LogP contribution in [0.5, 0.6) is 5.75 Å². The first-order valence-corrected chi connectivity index (χ1v) is 11.9. The first-order chi connectivity index (χ1) is 15.3. The molecular formula is C22H29F2N3O4S. The highest BCUT2D eigenvalue weighted by atomic mass is 32.2. The van der Waals surface area contributed by atoms with Crippen molar-refractivity contribution in [3.8, 4) is 5.75 Å². The van der Waals surface area contributed by atoms with Crippen molar-refractivity contribution in [1.82, 2.24) is 14.9 Å². The molecule has 32 heavy (non-hydrogen) atoms.